The Bertz CT molecular complexity index is 666. The summed E-state index contributed by atoms with van der Waals surface area (Å²) in [5.74, 6) is 2.10. The van der Waals surface area contributed by atoms with Gasteiger partial charge in [-0.15, -0.1) is 0 Å². The first-order valence-electron chi connectivity index (χ1n) is 11.2. The lowest BCUT2D eigenvalue weighted by Gasteiger charge is -2.34. The highest BCUT2D eigenvalue weighted by molar-refractivity contribution is 5.80. The Morgan fingerprint density at radius 1 is 1.21 bits per heavy atom. The van der Waals surface area contributed by atoms with E-state index in [1.807, 2.05) is 6.20 Å². The Hall–Kier alpha value is -2.31. The average Bonchev–Trinajstić information content (AvgIpc) is 3.01. The van der Waals surface area contributed by atoms with Gasteiger partial charge in [0.1, 0.15) is 5.82 Å². The molecule has 3 rings (SSSR count). The van der Waals surface area contributed by atoms with Gasteiger partial charge in [0.15, 0.2) is 5.96 Å². The Kier molecular flexibility index (Phi) is 8.14. The number of rotatable bonds is 6. The number of primary amides is 1. The minimum Gasteiger partial charge on any atom is -0.370 e. The van der Waals surface area contributed by atoms with Crippen LogP contribution >= 0.6 is 0 Å². The van der Waals surface area contributed by atoms with E-state index in [1.165, 1.54) is 25.7 Å². The van der Waals surface area contributed by atoms with Gasteiger partial charge in [-0.1, -0.05) is 18.9 Å². The number of likely N-dealkylation sites (tertiary alicyclic amines) is 1. The molecule has 2 saturated heterocycles. The van der Waals surface area contributed by atoms with Crippen LogP contribution in [0.4, 0.5) is 5.82 Å². The van der Waals surface area contributed by atoms with Gasteiger partial charge >= 0.3 is 0 Å². The van der Waals surface area contributed by atoms with Crippen molar-refractivity contribution >= 4 is 17.7 Å². The predicted molar refractivity (Wildman–Crippen MR) is 118 cm³/mol. The first-order chi connectivity index (χ1) is 14.2. The molecule has 3 N–H and O–H groups in total. The monoisotopic (exact) mass is 400 g/mol. The number of hydrogen-bond donors (Lipinski definition) is 2. The average molecular weight is 401 g/mol. The largest absolute Gasteiger partial charge is 0.370 e. The third-order valence-electron chi connectivity index (χ3n) is 5.79. The lowest BCUT2D eigenvalue weighted by molar-refractivity contribution is -0.119. The lowest BCUT2D eigenvalue weighted by atomic mass is 9.95. The van der Waals surface area contributed by atoms with E-state index >= 15 is 0 Å². The van der Waals surface area contributed by atoms with Gasteiger partial charge in [0.2, 0.25) is 5.91 Å². The number of carbonyl (C=O) groups excluding carboxylic acids is 1. The highest BCUT2D eigenvalue weighted by atomic mass is 16.1. The molecule has 1 amide bonds. The Morgan fingerprint density at radius 3 is 2.66 bits per heavy atom. The second kappa shape index (κ2) is 11.0. The van der Waals surface area contributed by atoms with Crippen LogP contribution in [0.3, 0.4) is 0 Å². The van der Waals surface area contributed by atoms with Crippen LogP contribution in [0.2, 0.25) is 0 Å². The molecule has 1 atom stereocenters. The number of anilines is 1. The predicted octanol–water partition coefficient (Wildman–Crippen LogP) is 2.51. The molecular formula is C22H36N6O. The van der Waals surface area contributed by atoms with Crippen molar-refractivity contribution in [3.05, 3.63) is 23.9 Å². The van der Waals surface area contributed by atoms with Gasteiger partial charge in [-0.05, 0) is 50.2 Å². The van der Waals surface area contributed by atoms with Crippen LogP contribution in [-0.2, 0) is 11.3 Å². The van der Waals surface area contributed by atoms with E-state index in [1.54, 1.807) is 0 Å². The Balaban J connectivity index is 1.61. The minimum absolute atomic E-state index is 0.214. The molecule has 0 radical (unpaired) electrons. The van der Waals surface area contributed by atoms with Crippen LogP contribution in [0.25, 0.3) is 0 Å². The number of guanidine groups is 1. The molecule has 2 aliphatic rings. The van der Waals surface area contributed by atoms with Crippen LogP contribution in [0.1, 0.15) is 57.4 Å². The highest BCUT2D eigenvalue weighted by Crippen LogP contribution is 2.20. The molecule has 2 aliphatic heterocycles. The second-order valence-corrected chi connectivity index (χ2v) is 8.22. The Morgan fingerprint density at radius 2 is 2.00 bits per heavy atom. The molecule has 0 bridgehead atoms. The van der Waals surface area contributed by atoms with Gasteiger partial charge in [-0.25, -0.2) is 9.98 Å². The normalized spacial score (nSPS) is 21.0. The molecule has 0 aliphatic carbocycles. The number of aliphatic imine (C=N–C) groups is 1. The van der Waals surface area contributed by atoms with Crippen molar-refractivity contribution in [1.29, 1.82) is 0 Å². The summed E-state index contributed by atoms with van der Waals surface area (Å²) in [5.41, 5.74) is 6.51. The zero-order chi connectivity index (χ0) is 20.5. The molecule has 2 fully saturated rings. The number of hydrogen-bond acceptors (Lipinski definition) is 4. The van der Waals surface area contributed by atoms with E-state index in [2.05, 4.69) is 34.2 Å². The zero-order valence-corrected chi connectivity index (χ0v) is 17.8. The molecule has 29 heavy (non-hydrogen) atoms. The molecule has 1 unspecified atom stereocenters. The van der Waals surface area contributed by atoms with Crippen LogP contribution in [0.15, 0.2) is 23.3 Å². The summed E-state index contributed by atoms with van der Waals surface area (Å²) in [5, 5.41) is 3.40. The number of aromatic nitrogens is 1. The summed E-state index contributed by atoms with van der Waals surface area (Å²) in [4.78, 5) is 25.5. The highest BCUT2D eigenvalue weighted by Gasteiger charge is 2.23. The van der Waals surface area contributed by atoms with Crippen LogP contribution in [0.5, 0.6) is 0 Å². The van der Waals surface area contributed by atoms with Crippen LogP contribution in [0, 0.1) is 5.92 Å². The van der Waals surface area contributed by atoms with Crippen LogP contribution in [-0.4, -0.2) is 54.5 Å². The fourth-order valence-corrected chi connectivity index (χ4v) is 4.30. The van der Waals surface area contributed by atoms with E-state index in [9.17, 15) is 4.79 Å². The number of piperidine rings is 1. The van der Waals surface area contributed by atoms with Gasteiger partial charge < -0.3 is 20.9 Å². The summed E-state index contributed by atoms with van der Waals surface area (Å²) < 4.78 is 0. The van der Waals surface area contributed by atoms with Gasteiger partial charge in [-0.3, -0.25) is 4.79 Å². The van der Waals surface area contributed by atoms with Gasteiger partial charge in [0.25, 0.3) is 0 Å². The molecule has 0 aromatic carbocycles. The number of nitrogens with one attached hydrogen (secondary N) is 1. The van der Waals surface area contributed by atoms with Gasteiger partial charge in [0, 0.05) is 45.3 Å². The molecule has 7 heteroatoms. The fraction of sp³-hybridized carbons (Fsp3) is 0.682. The molecular weight excluding hydrogens is 364 g/mol. The number of pyridine rings is 1. The number of carbonyl (C=O) groups is 1. The summed E-state index contributed by atoms with van der Waals surface area (Å²) in [7, 11) is 0. The summed E-state index contributed by atoms with van der Waals surface area (Å²) in [6, 6.07) is 4.28. The van der Waals surface area contributed by atoms with Crippen molar-refractivity contribution in [3.8, 4) is 0 Å². The first-order valence-corrected chi connectivity index (χ1v) is 11.2. The molecule has 0 spiro atoms. The minimum atomic E-state index is -0.214. The number of nitrogens with zero attached hydrogens (tertiary/aromatic N) is 4. The maximum absolute atomic E-state index is 11.3. The molecule has 3 heterocycles. The van der Waals surface area contributed by atoms with Crippen molar-refractivity contribution in [1.82, 2.24) is 15.2 Å². The van der Waals surface area contributed by atoms with E-state index in [-0.39, 0.29) is 5.91 Å². The van der Waals surface area contributed by atoms with E-state index < -0.39 is 0 Å². The smallest absolute Gasteiger partial charge is 0.217 e. The fourth-order valence-electron chi connectivity index (χ4n) is 4.30. The maximum Gasteiger partial charge on any atom is 0.217 e. The molecule has 160 valence electrons. The SMILES string of the molecule is CCNC(=NCc1ccc(N2CCCCCC2)nc1)N1CCCC(CC(N)=O)C1. The first kappa shape index (κ1) is 21.4. The summed E-state index contributed by atoms with van der Waals surface area (Å²) >= 11 is 0. The standard InChI is InChI=1S/C22H36N6O/c1-2-24-22(28-13-7-8-18(17-28)14-20(23)29)26-16-19-9-10-21(25-15-19)27-11-5-3-4-6-12-27/h9-10,15,18H,2-8,11-14,16-17H2,1H3,(H2,23,29)(H,24,26). The third-order valence-corrected chi connectivity index (χ3v) is 5.79. The van der Waals surface area contributed by atoms with Crippen molar-refractivity contribution in [2.75, 3.05) is 37.6 Å². The Labute approximate surface area is 174 Å². The van der Waals surface area contributed by atoms with Crippen LogP contribution < -0.4 is 16.0 Å². The van der Waals surface area contributed by atoms with Crippen molar-refractivity contribution in [2.24, 2.45) is 16.6 Å². The summed E-state index contributed by atoms with van der Waals surface area (Å²) in [6.07, 6.45) is 9.70. The van der Waals surface area contributed by atoms with Gasteiger partial charge in [0.05, 0.1) is 6.54 Å². The van der Waals surface area contributed by atoms with E-state index in [4.69, 9.17) is 15.7 Å². The molecule has 7 nitrogen and oxygen atoms in total. The van der Waals surface area contributed by atoms with Crippen molar-refractivity contribution < 1.29 is 4.79 Å². The van der Waals surface area contributed by atoms with E-state index in [0.717, 1.165) is 62.9 Å². The van der Waals surface area contributed by atoms with Crippen molar-refractivity contribution in [2.45, 2.75) is 58.4 Å². The topological polar surface area (TPSA) is 86.8 Å². The summed E-state index contributed by atoms with van der Waals surface area (Å²) in [6.45, 7) is 7.52. The lowest BCUT2D eigenvalue weighted by Crippen LogP contribution is -2.47. The molecule has 1 aromatic rings. The van der Waals surface area contributed by atoms with Crippen molar-refractivity contribution in [3.63, 3.8) is 0 Å². The maximum atomic E-state index is 11.3. The number of nitrogens with two attached hydrogens (primary N) is 1. The number of amides is 1. The zero-order valence-electron chi connectivity index (χ0n) is 17.8. The third kappa shape index (κ3) is 6.61. The quantitative estimate of drug-likeness (QED) is 0.566. The van der Waals surface area contributed by atoms with Gasteiger partial charge in [-0.2, -0.15) is 0 Å². The second-order valence-electron chi connectivity index (χ2n) is 8.22. The van der Waals surface area contributed by atoms with E-state index in [0.29, 0.717) is 18.9 Å². The molecule has 0 saturated carbocycles. The molecule has 1 aromatic heterocycles.